The lowest BCUT2D eigenvalue weighted by atomic mass is 10.2. The molecule has 0 heterocycles. The molecule has 0 aromatic heterocycles. The number of carboxylic acids is 1. The maximum Gasteiger partial charge on any atom is 0.573 e. The van der Waals surface area contributed by atoms with E-state index in [0.29, 0.717) is 0 Å². The van der Waals surface area contributed by atoms with Crippen LogP contribution in [0.25, 0.3) is 6.08 Å². The van der Waals surface area contributed by atoms with Crippen molar-refractivity contribution in [2.75, 3.05) is 0 Å². The minimum Gasteiger partial charge on any atom is -0.478 e. The first-order chi connectivity index (χ1) is 7.78. The number of benzene rings is 1. The van der Waals surface area contributed by atoms with Gasteiger partial charge in [0.05, 0.1) is 5.02 Å². The first kappa shape index (κ1) is 13.4. The van der Waals surface area contributed by atoms with Crippen LogP contribution in [0.3, 0.4) is 0 Å². The Morgan fingerprint density at radius 1 is 1.41 bits per heavy atom. The predicted octanol–water partition coefficient (Wildman–Crippen LogP) is 3.34. The number of hydrogen-bond donors (Lipinski definition) is 1. The molecule has 1 rings (SSSR count). The summed E-state index contributed by atoms with van der Waals surface area (Å²) in [5.41, 5.74) is 0.281. The van der Waals surface area contributed by atoms with Crippen LogP contribution in [0.1, 0.15) is 5.56 Å². The third-order valence-corrected chi connectivity index (χ3v) is 1.94. The van der Waals surface area contributed by atoms with Gasteiger partial charge in [-0.25, -0.2) is 4.79 Å². The van der Waals surface area contributed by atoms with Gasteiger partial charge in [0.15, 0.2) is 0 Å². The molecule has 0 bridgehead atoms. The van der Waals surface area contributed by atoms with Gasteiger partial charge >= 0.3 is 12.3 Å². The van der Waals surface area contributed by atoms with Crippen molar-refractivity contribution in [2.24, 2.45) is 0 Å². The number of carbonyl (C=O) groups is 1. The number of hydrogen-bond acceptors (Lipinski definition) is 2. The molecular weight excluding hydrogens is 261 g/mol. The maximum absolute atomic E-state index is 11.9. The fraction of sp³-hybridized carbons (Fsp3) is 0.100. The van der Waals surface area contributed by atoms with E-state index in [4.69, 9.17) is 16.7 Å². The summed E-state index contributed by atoms with van der Waals surface area (Å²) in [7, 11) is 0. The Labute approximate surface area is 99.1 Å². The van der Waals surface area contributed by atoms with Gasteiger partial charge in [-0.05, 0) is 29.8 Å². The largest absolute Gasteiger partial charge is 0.573 e. The van der Waals surface area contributed by atoms with Crippen LogP contribution in [-0.4, -0.2) is 17.4 Å². The van der Waals surface area contributed by atoms with E-state index in [1.165, 1.54) is 12.1 Å². The van der Waals surface area contributed by atoms with Crippen molar-refractivity contribution in [3.05, 3.63) is 34.9 Å². The fourth-order valence-electron chi connectivity index (χ4n) is 1.00. The second-order valence-electron chi connectivity index (χ2n) is 2.90. The molecule has 92 valence electrons. The molecule has 0 spiro atoms. The molecule has 1 aromatic rings. The van der Waals surface area contributed by atoms with Crippen LogP contribution in [-0.2, 0) is 4.79 Å². The normalized spacial score (nSPS) is 11.8. The summed E-state index contributed by atoms with van der Waals surface area (Å²) in [6.07, 6.45) is -2.80. The van der Waals surface area contributed by atoms with Gasteiger partial charge in [-0.15, -0.1) is 13.2 Å². The smallest absolute Gasteiger partial charge is 0.478 e. The Kier molecular flexibility index (Phi) is 4.01. The summed E-state index contributed by atoms with van der Waals surface area (Å²) in [5.74, 6) is -1.65. The number of halogens is 4. The van der Waals surface area contributed by atoms with Gasteiger partial charge in [-0.2, -0.15) is 0 Å². The molecule has 0 aliphatic heterocycles. The topological polar surface area (TPSA) is 46.5 Å². The molecule has 0 atom stereocenters. The first-order valence-electron chi connectivity index (χ1n) is 4.24. The molecule has 1 N–H and O–H groups in total. The molecule has 1 aromatic carbocycles. The van der Waals surface area contributed by atoms with Gasteiger partial charge in [0.25, 0.3) is 0 Å². The molecule has 0 saturated heterocycles. The van der Waals surface area contributed by atoms with Crippen LogP contribution >= 0.6 is 11.6 Å². The van der Waals surface area contributed by atoms with E-state index in [1.54, 1.807) is 0 Å². The van der Waals surface area contributed by atoms with Crippen molar-refractivity contribution in [3.8, 4) is 5.75 Å². The number of aliphatic carboxylic acids is 1. The van der Waals surface area contributed by atoms with Crippen LogP contribution in [0.4, 0.5) is 13.2 Å². The second-order valence-corrected chi connectivity index (χ2v) is 3.31. The summed E-state index contributed by atoms with van der Waals surface area (Å²) in [5, 5.41) is 8.33. The zero-order valence-electron chi connectivity index (χ0n) is 8.16. The summed E-state index contributed by atoms with van der Waals surface area (Å²) in [4.78, 5) is 10.2. The standard InChI is InChI=1S/C10H6ClF3O3/c11-8-5-7(17-10(12,13)14)3-1-6(8)2-4-9(15)16/h1-5H,(H,15,16)/b4-2+. The SMILES string of the molecule is O=C(O)/C=C/c1ccc(OC(F)(F)F)cc1Cl. The third-order valence-electron chi connectivity index (χ3n) is 1.61. The zero-order chi connectivity index (χ0) is 13.1. The second kappa shape index (κ2) is 5.09. The molecule has 3 nitrogen and oxygen atoms in total. The molecule has 0 unspecified atom stereocenters. The van der Waals surface area contributed by atoms with Crippen LogP contribution < -0.4 is 4.74 Å². The summed E-state index contributed by atoms with van der Waals surface area (Å²) >= 11 is 5.65. The molecule has 0 aliphatic rings. The van der Waals surface area contributed by atoms with E-state index in [2.05, 4.69) is 4.74 Å². The summed E-state index contributed by atoms with van der Waals surface area (Å²) in [6, 6.07) is 3.22. The van der Waals surface area contributed by atoms with E-state index >= 15 is 0 Å². The van der Waals surface area contributed by atoms with Gasteiger partial charge in [-0.1, -0.05) is 11.6 Å². The summed E-state index contributed by atoms with van der Waals surface area (Å²) in [6.45, 7) is 0. The van der Waals surface area contributed by atoms with Gasteiger partial charge in [-0.3, -0.25) is 0 Å². The number of rotatable bonds is 3. The van der Waals surface area contributed by atoms with Crippen molar-refractivity contribution in [2.45, 2.75) is 6.36 Å². The highest BCUT2D eigenvalue weighted by Crippen LogP contribution is 2.28. The average molecular weight is 267 g/mol. The van der Waals surface area contributed by atoms with Crippen molar-refractivity contribution >= 4 is 23.6 Å². The van der Waals surface area contributed by atoms with Crippen LogP contribution in [0, 0.1) is 0 Å². The molecule has 0 aliphatic carbocycles. The lowest BCUT2D eigenvalue weighted by Crippen LogP contribution is -2.17. The highest BCUT2D eigenvalue weighted by atomic mass is 35.5. The minimum atomic E-state index is -4.79. The molecule has 0 amide bonds. The molecule has 7 heteroatoms. The Balaban J connectivity index is 2.90. The van der Waals surface area contributed by atoms with Gasteiger partial charge < -0.3 is 9.84 Å². The number of alkyl halides is 3. The van der Waals surface area contributed by atoms with Crippen molar-refractivity contribution in [1.82, 2.24) is 0 Å². The summed E-state index contributed by atoms with van der Waals surface area (Å²) < 4.78 is 39.2. The molecule has 0 saturated carbocycles. The van der Waals surface area contributed by atoms with Crippen molar-refractivity contribution in [1.29, 1.82) is 0 Å². The van der Waals surface area contributed by atoms with Crippen LogP contribution in [0.5, 0.6) is 5.75 Å². The quantitative estimate of drug-likeness (QED) is 0.854. The van der Waals surface area contributed by atoms with Crippen LogP contribution in [0.15, 0.2) is 24.3 Å². The van der Waals surface area contributed by atoms with Crippen LogP contribution in [0.2, 0.25) is 5.02 Å². The Bertz CT molecular complexity index is 455. The first-order valence-corrected chi connectivity index (χ1v) is 4.62. The number of carboxylic acid groups (broad SMARTS) is 1. The van der Waals surface area contributed by atoms with Gasteiger partial charge in [0.2, 0.25) is 0 Å². The Hall–Kier alpha value is -1.69. The maximum atomic E-state index is 11.9. The van der Waals surface area contributed by atoms with E-state index in [0.717, 1.165) is 18.2 Å². The number of ether oxygens (including phenoxy) is 1. The van der Waals surface area contributed by atoms with Crippen molar-refractivity contribution in [3.63, 3.8) is 0 Å². The average Bonchev–Trinajstić information content (AvgIpc) is 2.13. The van der Waals surface area contributed by atoms with Gasteiger partial charge in [0, 0.05) is 6.08 Å². The lowest BCUT2D eigenvalue weighted by Gasteiger charge is -2.09. The van der Waals surface area contributed by atoms with E-state index in [9.17, 15) is 18.0 Å². The Morgan fingerprint density at radius 2 is 2.06 bits per heavy atom. The zero-order valence-corrected chi connectivity index (χ0v) is 8.92. The van der Waals surface area contributed by atoms with E-state index < -0.39 is 18.1 Å². The van der Waals surface area contributed by atoms with E-state index in [-0.39, 0.29) is 10.6 Å². The van der Waals surface area contributed by atoms with E-state index in [1.807, 2.05) is 0 Å². The predicted molar refractivity (Wildman–Crippen MR) is 54.8 cm³/mol. The highest BCUT2D eigenvalue weighted by molar-refractivity contribution is 6.32. The Morgan fingerprint density at radius 3 is 2.53 bits per heavy atom. The van der Waals surface area contributed by atoms with Crippen molar-refractivity contribution < 1.29 is 27.8 Å². The highest BCUT2D eigenvalue weighted by Gasteiger charge is 2.31. The monoisotopic (exact) mass is 266 g/mol. The third kappa shape index (κ3) is 4.78. The minimum absolute atomic E-state index is 0.0377. The lowest BCUT2D eigenvalue weighted by molar-refractivity contribution is -0.274. The van der Waals surface area contributed by atoms with Gasteiger partial charge in [0.1, 0.15) is 5.75 Å². The molecule has 0 radical (unpaired) electrons. The fourth-order valence-corrected chi connectivity index (χ4v) is 1.23. The molecular formula is C10H6ClF3O3. The molecule has 17 heavy (non-hydrogen) atoms. The molecule has 0 fully saturated rings.